The Balaban J connectivity index is 0.000000207. The summed E-state index contributed by atoms with van der Waals surface area (Å²) in [6.45, 7) is 12.9. The van der Waals surface area contributed by atoms with Crippen LogP contribution in [0.3, 0.4) is 0 Å². The molecule has 0 unspecified atom stereocenters. The summed E-state index contributed by atoms with van der Waals surface area (Å²) < 4.78 is 0. The number of benzene rings is 6. The maximum Gasteiger partial charge on any atom is 0.336 e. The fourth-order valence-electron chi connectivity index (χ4n) is 5.10. The molecule has 10 heteroatoms. The van der Waals surface area contributed by atoms with Gasteiger partial charge in [0.15, 0.2) is 5.60 Å². The van der Waals surface area contributed by atoms with Crippen molar-refractivity contribution in [3.05, 3.63) is 179 Å². The van der Waals surface area contributed by atoms with Gasteiger partial charge in [0, 0.05) is 29.4 Å². The van der Waals surface area contributed by atoms with Gasteiger partial charge in [0.25, 0.3) is 0 Å². The molecule has 0 radical (unpaired) electrons. The van der Waals surface area contributed by atoms with Gasteiger partial charge in [-0.1, -0.05) is 144 Å². The van der Waals surface area contributed by atoms with Crippen LogP contribution in [0.25, 0.3) is 0 Å². The summed E-state index contributed by atoms with van der Waals surface area (Å²) in [6, 6.07) is 51.0. The zero-order chi connectivity index (χ0) is 42.7. The van der Waals surface area contributed by atoms with Crippen molar-refractivity contribution in [1.29, 1.82) is 0 Å². The molecule has 0 aliphatic rings. The number of aryl methyl sites for hydroxylation is 6. The lowest BCUT2D eigenvalue weighted by Gasteiger charge is -2.18. The van der Waals surface area contributed by atoms with Crippen LogP contribution in [0.1, 0.15) is 46.2 Å². The van der Waals surface area contributed by atoms with Gasteiger partial charge in [-0.05, 0) is 111 Å². The van der Waals surface area contributed by atoms with Crippen LogP contribution < -0.4 is 0 Å². The van der Waals surface area contributed by atoms with Crippen LogP contribution in [0.15, 0.2) is 175 Å². The minimum absolute atomic E-state index is 1.14. The molecule has 0 aliphatic heterocycles. The first kappa shape index (κ1) is 47.1. The van der Waals surface area contributed by atoms with Crippen LogP contribution in [-0.2, 0) is 14.4 Å². The Morgan fingerprint density at radius 3 is 0.690 bits per heavy atom. The molecular weight excluding hydrogens is 785 g/mol. The molecule has 0 bridgehead atoms. The first-order chi connectivity index (χ1) is 27.6. The van der Waals surface area contributed by atoms with Gasteiger partial charge >= 0.3 is 17.9 Å². The lowest BCUT2D eigenvalue weighted by Crippen LogP contribution is -2.42. The Hall–Kier alpha value is -5.26. The smallest absolute Gasteiger partial charge is 0.336 e. The Labute approximate surface area is 354 Å². The van der Waals surface area contributed by atoms with Gasteiger partial charge in [0.05, 0.1) is 12.8 Å². The van der Waals surface area contributed by atoms with Crippen molar-refractivity contribution >= 4 is 53.2 Å². The molecule has 0 aromatic heterocycles. The van der Waals surface area contributed by atoms with E-state index in [9.17, 15) is 14.4 Å². The number of carboxylic acids is 3. The molecule has 6 aromatic rings. The molecule has 0 aliphatic carbocycles. The topological polar surface area (TPSA) is 132 Å². The number of hydrogen-bond donors (Lipinski definition) is 4. The maximum atomic E-state index is 10.3. The van der Waals surface area contributed by atoms with Gasteiger partial charge in [0.1, 0.15) is 0 Å². The molecule has 0 spiro atoms. The van der Waals surface area contributed by atoms with E-state index >= 15 is 0 Å². The highest BCUT2D eigenvalue weighted by atomic mass is 32.2. The summed E-state index contributed by atoms with van der Waals surface area (Å²) >= 11 is 5.52. The van der Waals surface area contributed by atoms with E-state index in [2.05, 4.69) is 187 Å². The first-order valence-electron chi connectivity index (χ1n) is 18.4. The number of carbonyl (C=O) groups is 3. The Bertz CT molecular complexity index is 1910. The number of aliphatic hydroxyl groups is 1. The minimum atomic E-state index is -2.74. The Kier molecular flexibility index (Phi) is 19.4. The highest BCUT2D eigenvalue weighted by Gasteiger charge is 2.40. The van der Waals surface area contributed by atoms with Crippen molar-refractivity contribution in [2.75, 3.05) is 0 Å². The molecule has 0 amide bonds. The van der Waals surface area contributed by atoms with Crippen molar-refractivity contribution in [2.24, 2.45) is 0 Å². The highest BCUT2D eigenvalue weighted by Crippen LogP contribution is 2.34. The summed E-state index contributed by atoms with van der Waals surface area (Å²) in [4.78, 5) is 38.5. The van der Waals surface area contributed by atoms with Gasteiger partial charge in [-0.25, -0.2) is 4.79 Å². The van der Waals surface area contributed by atoms with Gasteiger partial charge in [-0.3, -0.25) is 9.59 Å². The Morgan fingerprint density at radius 1 is 0.379 bits per heavy atom. The van der Waals surface area contributed by atoms with Crippen molar-refractivity contribution in [2.45, 2.75) is 89.4 Å². The monoisotopic (exact) mass is 834 g/mol. The summed E-state index contributed by atoms with van der Waals surface area (Å²) in [6.07, 6.45) is -2.29. The normalized spacial score (nSPS) is 10.4. The lowest BCUT2D eigenvalue weighted by atomic mass is 9.96. The first-order valence-corrected chi connectivity index (χ1v) is 20.8. The molecule has 6 rings (SSSR count). The number of rotatable bonds is 11. The predicted molar refractivity (Wildman–Crippen MR) is 237 cm³/mol. The van der Waals surface area contributed by atoms with Crippen LogP contribution in [-0.4, -0.2) is 43.9 Å². The largest absolute Gasteiger partial charge is 0.481 e. The molecule has 0 atom stereocenters. The fraction of sp³-hybridized carbons (Fsp3) is 0.188. The summed E-state index contributed by atoms with van der Waals surface area (Å²) in [5.41, 5.74) is 5.29. The van der Waals surface area contributed by atoms with Crippen LogP contribution in [0.2, 0.25) is 0 Å². The second-order valence-electron chi connectivity index (χ2n) is 13.4. The van der Waals surface area contributed by atoms with E-state index in [1.807, 2.05) is 35.3 Å². The van der Waals surface area contributed by atoms with Gasteiger partial charge in [-0.2, -0.15) is 0 Å². The molecule has 0 fully saturated rings. The van der Waals surface area contributed by atoms with Gasteiger partial charge < -0.3 is 20.4 Å². The molecule has 58 heavy (non-hydrogen) atoms. The van der Waals surface area contributed by atoms with E-state index in [1.165, 1.54) is 62.8 Å². The quantitative estimate of drug-likeness (QED) is 0.1000. The molecular formula is C48H50O7S3. The van der Waals surface area contributed by atoms with Crippen LogP contribution in [0, 0.1) is 41.5 Å². The maximum absolute atomic E-state index is 10.3. The van der Waals surface area contributed by atoms with Crippen LogP contribution in [0.5, 0.6) is 0 Å². The second kappa shape index (κ2) is 23.8. The third kappa shape index (κ3) is 15.9. The zero-order valence-corrected chi connectivity index (χ0v) is 36.0. The summed E-state index contributed by atoms with van der Waals surface area (Å²) in [5, 5.41) is 33.8. The lowest BCUT2D eigenvalue weighted by molar-refractivity contribution is -0.170. The molecule has 6 aromatic carbocycles. The predicted octanol–water partition coefficient (Wildman–Crippen LogP) is 12.1. The highest BCUT2D eigenvalue weighted by molar-refractivity contribution is 8.00. The van der Waals surface area contributed by atoms with Crippen molar-refractivity contribution in [1.82, 2.24) is 0 Å². The van der Waals surface area contributed by atoms with Crippen molar-refractivity contribution in [3.63, 3.8) is 0 Å². The average Bonchev–Trinajstić information content (AvgIpc) is 3.17. The van der Waals surface area contributed by atoms with Gasteiger partial charge in [0.2, 0.25) is 0 Å². The van der Waals surface area contributed by atoms with Gasteiger partial charge in [-0.15, -0.1) is 0 Å². The van der Waals surface area contributed by atoms with Crippen LogP contribution >= 0.6 is 35.3 Å². The SMILES string of the molecule is Cc1ccccc1Sc1ccccc1C.Cc1ccccc1Sc1ccccc1C.Cc1ccccc1Sc1ccccc1C.O=C(O)CC(O)(CC(=O)O)C(=O)O. The third-order valence-corrected chi connectivity index (χ3v) is 12.6. The Morgan fingerprint density at radius 2 is 0.552 bits per heavy atom. The second-order valence-corrected chi connectivity index (χ2v) is 16.6. The van der Waals surface area contributed by atoms with E-state index in [1.54, 1.807) is 0 Å². The number of aliphatic carboxylic acids is 3. The van der Waals surface area contributed by atoms with Crippen molar-refractivity contribution in [3.8, 4) is 0 Å². The van der Waals surface area contributed by atoms with E-state index in [0.29, 0.717) is 0 Å². The summed E-state index contributed by atoms with van der Waals surface area (Å²) in [7, 11) is 0. The van der Waals surface area contributed by atoms with E-state index in [0.717, 1.165) is 0 Å². The zero-order valence-electron chi connectivity index (χ0n) is 33.5. The number of hydrogen-bond acceptors (Lipinski definition) is 7. The molecule has 0 saturated heterocycles. The average molecular weight is 835 g/mol. The van der Waals surface area contributed by atoms with Crippen LogP contribution in [0.4, 0.5) is 0 Å². The molecule has 7 nitrogen and oxygen atoms in total. The summed E-state index contributed by atoms with van der Waals surface area (Å²) in [5.74, 6) is -5.02. The van der Waals surface area contributed by atoms with E-state index in [-0.39, 0.29) is 0 Å². The minimum Gasteiger partial charge on any atom is -0.481 e. The van der Waals surface area contributed by atoms with Crippen molar-refractivity contribution < 1.29 is 34.8 Å². The van der Waals surface area contributed by atoms with E-state index < -0.39 is 36.4 Å². The number of carboxylic acid groups (broad SMARTS) is 3. The van der Waals surface area contributed by atoms with E-state index in [4.69, 9.17) is 20.4 Å². The fourth-order valence-corrected chi connectivity index (χ4v) is 8.06. The standard InChI is InChI=1S/3C14H14S.C6H8O7/c3*1-11-7-3-5-9-13(11)15-14-10-6-4-8-12(14)2;7-3(8)1-6(13,5(11)12)2-4(9)10/h3*3-10H,1-2H3;13H,1-2H2,(H,7,8)(H,9,10)(H,11,12). The molecule has 4 N–H and O–H groups in total. The molecule has 302 valence electrons. The third-order valence-electron chi connectivity index (χ3n) is 8.51. The molecule has 0 saturated carbocycles. The molecule has 0 heterocycles.